The Morgan fingerprint density at radius 2 is 1.77 bits per heavy atom. The molecule has 0 unspecified atom stereocenters. The lowest BCUT2D eigenvalue weighted by Gasteiger charge is -2.23. The molecule has 1 aliphatic rings. The van der Waals surface area contributed by atoms with Gasteiger partial charge in [0.25, 0.3) is 11.6 Å². The maximum atomic E-state index is 13.2. The van der Waals surface area contributed by atoms with Crippen molar-refractivity contribution < 1.29 is 31.3 Å². The minimum absolute atomic E-state index is 0.117. The number of hydrogen-bond donors (Lipinski definition) is 1. The third-order valence-corrected chi connectivity index (χ3v) is 5.90. The molecule has 0 saturated carbocycles. The van der Waals surface area contributed by atoms with E-state index in [0.29, 0.717) is 18.8 Å². The van der Waals surface area contributed by atoms with Gasteiger partial charge in [-0.3, -0.25) is 14.9 Å². The number of hydrogen-bond acceptors (Lipinski definition) is 6. The van der Waals surface area contributed by atoms with Crippen molar-refractivity contribution in [3.63, 3.8) is 0 Å². The van der Waals surface area contributed by atoms with Gasteiger partial charge in [-0.05, 0) is 37.1 Å². The zero-order valence-corrected chi connectivity index (χ0v) is 17.1. The zero-order valence-electron chi connectivity index (χ0n) is 16.3. The number of amides is 1. The van der Waals surface area contributed by atoms with E-state index in [9.17, 15) is 36.5 Å². The van der Waals surface area contributed by atoms with Crippen LogP contribution in [0, 0.1) is 10.1 Å². The van der Waals surface area contributed by atoms with Crippen molar-refractivity contribution in [1.82, 2.24) is 0 Å². The highest BCUT2D eigenvalue weighted by Crippen LogP contribution is 2.37. The molecule has 0 spiro atoms. The summed E-state index contributed by atoms with van der Waals surface area (Å²) < 4.78 is 63.3. The summed E-state index contributed by atoms with van der Waals surface area (Å²) >= 11 is 0. The van der Waals surface area contributed by atoms with Crippen LogP contribution < -0.4 is 10.2 Å². The van der Waals surface area contributed by atoms with Gasteiger partial charge in [0.2, 0.25) is 0 Å². The number of halogens is 3. The number of alkyl halides is 3. The highest BCUT2D eigenvalue weighted by molar-refractivity contribution is 7.90. The summed E-state index contributed by atoms with van der Waals surface area (Å²) in [4.78, 5) is 24.4. The van der Waals surface area contributed by atoms with Gasteiger partial charge in [-0.2, -0.15) is 13.2 Å². The van der Waals surface area contributed by atoms with Crippen LogP contribution in [0.15, 0.2) is 41.3 Å². The smallest absolute Gasteiger partial charge is 0.370 e. The van der Waals surface area contributed by atoms with Gasteiger partial charge in [0.15, 0.2) is 9.84 Å². The molecular formula is C19H18F3N3O5S. The highest BCUT2D eigenvalue weighted by atomic mass is 32.2. The largest absolute Gasteiger partial charge is 0.416 e. The van der Waals surface area contributed by atoms with Crippen molar-refractivity contribution in [1.29, 1.82) is 0 Å². The van der Waals surface area contributed by atoms with Crippen LogP contribution in [0.25, 0.3) is 0 Å². The van der Waals surface area contributed by atoms with Crippen LogP contribution in [0.1, 0.15) is 28.8 Å². The molecule has 0 atom stereocenters. The minimum atomic E-state index is -4.64. The third kappa shape index (κ3) is 5.13. The molecule has 1 N–H and O–H groups in total. The van der Waals surface area contributed by atoms with E-state index in [1.54, 1.807) is 0 Å². The molecule has 2 aromatic carbocycles. The summed E-state index contributed by atoms with van der Waals surface area (Å²) in [6.07, 6.45) is -2.13. The fraction of sp³-hybridized carbons (Fsp3) is 0.316. The Labute approximate surface area is 175 Å². The number of carbonyl (C=O) groups excluding carboxylic acids is 1. The van der Waals surface area contributed by atoms with Gasteiger partial charge in [0, 0.05) is 37.0 Å². The van der Waals surface area contributed by atoms with Crippen LogP contribution in [-0.4, -0.2) is 38.6 Å². The van der Waals surface area contributed by atoms with E-state index in [0.717, 1.165) is 49.4 Å². The number of carbonyl (C=O) groups is 1. The Hall–Kier alpha value is -3.15. The zero-order chi connectivity index (χ0) is 23.0. The number of non-ortho nitro benzene ring substituents is 1. The number of nitro benzene ring substituents is 1. The van der Waals surface area contributed by atoms with Crippen molar-refractivity contribution in [2.24, 2.45) is 0 Å². The first kappa shape index (κ1) is 22.5. The SMILES string of the molecule is CS(=O)(=O)c1cc(C(=O)Nc2cc(C(F)(F)F)ccc2N2CCCC2)cc([N+](=O)[O-])c1. The highest BCUT2D eigenvalue weighted by Gasteiger charge is 2.32. The first-order valence-corrected chi connectivity index (χ1v) is 11.0. The van der Waals surface area contributed by atoms with Crippen molar-refractivity contribution in [2.45, 2.75) is 23.9 Å². The van der Waals surface area contributed by atoms with Gasteiger partial charge in [-0.1, -0.05) is 0 Å². The lowest BCUT2D eigenvalue weighted by molar-refractivity contribution is -0.385. The number of rotatable bonds is 5. The van der Waals surface area contributed by atoms with Crippen LogP contribution in [0.5, 0.6) is 0 Å². The first-order chi connectivity index (χ1) is 14.4. The summed E-state index contributed by atoms with van der Waals surface area (Å²) in [6, 6.07) is 5.60. The van der Waals surface area contributed by atoms with Crippen molar-refractivity contribution in [3.05, 3.63) is 57.6 Å². The minimum Gasteiger partial charge on any atom is -0.370 e. The normalized spacial score (nSPS) is 14.5. The predicted octanol–water partition coefficient (Wildman–Crippen LogP) is 3.87. The molecule has 0 bridgehead atoms. The fourth-order valence-corrected chi connectivity index (χ4v) is 3.95. The van der Waals surface area contributed by atoms with Crippen molar-refractivity contribution in [2.75, 3.05) is 29.6 Å². The average Bonchev–Trinajstić information content (AvgIpc) is 3.20. The number of nitrogens with zero attached hydrogens (tertiary/aromatic N) is 2. The molecule has 1 heterocycles. The second-order valence-electron chi connectivity index (χ2n) is 7.12. The number of nitrogens with one attached hydrogen (secondary N) is 1. The van der Waals surface area contributed by atoms with Crippen LogP contribution >= 0.6 is 0 Å². The molecule has 1 aliphatic heterocycles. The molecule has 3 rings (SSSR count). The number of benzene rings is 2. The summed E-state index contributed by atoms with van der Waals surface area (Å²) in [5.74, 6) is -0.964. The molecule has 1 saturated heterocycles. The third-order valence-electron chi connectivity index (χ3n) is 4.81. The van der Waals surface area contributed by atoms with E-state index >= 15 is 0 Å². The van der Waals surface area contributed by atoms with E-state index in [4.69, 9.17) is 0 Å². The Morgan fingerprint density at radius 1 is 1.13 bits per heavy atom. The molecule has 0 aromatic heterocycles. The molecule has 8 nitrogen and oxygen atoms in total. The molecule has 12 heteroatoms. The van der Waals surface area contributed by atoms with Gasteiger partial charge in [-0.15, -0.1) is 0 Å². The molecule has 1 amide bonds. The summed E-state index contributed by atoms with van der Waals surface area (Å²) in [6.45, 7) is 1.20. The monoisotopic (exact) mass is 457 g/mol. The molecule has 2 aromatic rings. The molecule has 31 heavy (non-hydrogen) atoms. The van der Waals surface area contributed by atoms with E-state index in [1.807, 2.05) is 4.90 Å². The van der Waals surface area contributed by atoms with E-state index < -0.39 is 43.0 Å². The van der Waals surface area contributed by atoms with E-state index in [2.05, 4.69) is 5.32 Å². The summed E-state index contributed by atoms with van der Waals surface area (Å²) in [7, 11) is -3.88. The second kappa shape index (κ2) is 8.17. The lowest BCUT2D eigenvalue weighted by atomic mass is 10.1. The molecule has 166 valence electrons. The van der Waals surface area contributed by atoms with Gasteiger partial charge in [-0.25, -0.2) is 8.42 Å². The van der Waals surface area contributed by atoms with Crippen LogP contribution in [-0.2, 0) is 16.0 Å². The van der Waals surface area contributed by atoms with Crippen LogP contribution in [0.2, 0.25) is 0 Å². The Kier molecular flexibility index (Phi) is 5.94. The summed E-state index contributed by atoms with van der Waals surface area (Å²) in [5, 5.41) is 13.5. The first-order valence-electron chi connectivity index (χ1n) is 9.13. The molecule has 1 fully saturated rings. The van der Waals surface area contributed by atoms with Crippen LogP contribution in [0.4, 0.5) is 30.2 Å². The molecule has 0 aliphatic carbocycles. The molecular weight excluding hydrogens is 439 g/mol. The second-order valence-corrected chi connectivity index (χ2v) is 9.14. The van der Waals surface area contributed by atoms with Gasteiger partial charge < -0.3 is 10.2 Å². The summed E-state index contributed by atoms with van der Waals surface area (Å²) in [5.41, 5.74) is -1.69. The average molecular weight is 457 g/mol. The number of sulfone groups is 1. The number of nitro groups is 1. The van der Waals surface area contributed by atoms with Crippen molar-refractivity contribution >= 4 is 32.8 Å². The standard InChI is InChI=1S/C19H18F3N3O5S/c1-31(29,30)15-9-12(8-14(11-15)25(27)28)18(26)23-16-10-13(19(20,21)22)4-5-17(16)24-6-2-3-7-24/h4-5,8-11H,2-3,6-7H2,1H3,(H,23,26). The van der Waals surface area contributed by atoms with Crippen LogP contribution in [0.3, 0.4) is 0 Å². The topological polar surface area (TPSA) is 110 Å². The Bertz CT molecular complexity index is 1140. The van der Waals surface area contributed by atoms with Crippen molar-refractivity contribution in [3.8, 4) is 0 Å². The maximum Gasteiger partial charge on any atom is 0.416 e. The quantitative estimate of drug-likeness (QED) is 0.539. The lowest BCUT2D eigenvalue weighted by Crippen LogP contribution is -2.22. The van der Waals surface area contributed by atoms with Gasteiger partial charge in [0.1, 0.15) is 0 Å². The van der Waals surface area contributed by atoms with E-state index in [1.165, 1.54) is 6.07 Å². The maximum absolute atomic E-state index is 13.2. The Morgan fingerprint density at radius 3 is 2.32 bits per heavy atom. The van der Waals surface area contributed by atoms with Gasteiger partial charge in [0.05, 0.1) is 26.8 Å². The van der Waals surface area contributed by atoms with E-state index in [-0.39, 0.29) is 11.3 Å². The number of anilines is 2. The Balaban J connectivity index is 2.04. The fourth-order valence-electron chi connectivity index (χ4n) is 3.27. The predicted molar refractivity (Wildman–Crippen MR) is 107 cm³/mol. The molecule has 0 radical (unpaired) electrons. The van der Waals surface area contributed by atoms with Gasteiger partial charge >= 0.3 is 6.18 Å².